The third kappa shape index (κ3) is 4.51. The van der Waals surface area contributed by atoms with Crippen LogP contribution in [0.15, 0.2) is 18.2 Å². The van der Waals surface area contributed by atoms with Gasteiger partial charge in [0.05, 0.1) is 0 Å². The fraction of sp³-hybridized carbons (Fsp3) is 0.462. The zero-order chi connectivity index (χ0) is 12.8. The molecule has 0 bridgehead atoms. The van der Waals surface area contributed by atoms with Crippen molar-refractivity contribution in [2.24, 2.45) is 0 Å². The first kappa shape index (κ1) is 13.6. The molecule has 0 heterocycles. The summed E-state index contributed by atoms with van der Waals surface area (Å²) in [5.74, 6) is -1.77. The lowest BCUT2D eigenvalue weighted by Crippen LogP contribution is -2.00. The van der Waals surface area contributed by atoms with Gasteiger partial charge in [-0.2, -0.15) is 0 Å². The molecule has 0 aliphatic carbocycles. The second kappa shape index (κ2) is 6.33. The molecule has 17 heavy (non-hydrogen) atoms. The highest BCUT2D eigenvalue weighted by molar-refractivity contribution is 5.66. The molecule has 0 saturated carbocycles. The number of unbranched alkanes of at least 4 members (excludes halogenated alkanes) is 1. The SMILES string of the molecule is CC(CCCCC(=O)O)c1cc(F)ccc1F. The van der Waals surface area contributed by atoms with E-state index >= 15 is 0 Å². The monoisotopic (exact) mass is 242 g/mol. The Morgan fingerprint density at radius 1 is 1.35 bits per heavy atom. The van der Waals surface area contributed by atoms with E-state index in [-0.39, 0.29) is 12.3 Å². The normalized spacial score (nSPS) is 12.4. The van der Waals surface area contributed by atoms with Gasteiger partial charge in [-0.1, -0.05) is 13.3 Å². The van der Waals surface area contributed by atoms with E-state index in [2.05, 4.69) is 0 Å². The molecule has 0 aliphatic heterocycles. The van der Waals surface area contributed by atoms with E-state index < -0.39 is 17.6 Å². The average molecular weight is 242 g/mol. The zero-order valence-electron chi connectivity index (χ0n) is 9.75. The highest BCUT2D eigenvalue weighted by Crippen LogP contribution is 2.25. The third-order valence-electron chi connectivity index (χ3n) is 2.77. The molecule has 0 amide bonds. The van der Waals surface area contributed by atoms with Gasteiger partial charge in [-0.25, -0.2) is 8.78 Å². The van der Waals surface area contributed by atoms with Gasteiger partial charge in [-0.15, -0.1) is 0 Å². The van der Waals surface area contributed by atoms with Crippen LogP contribution in [0.2, 0.25) is 0 Å². The van der Waals surface area contributed by atoms with Crippen molar-refractivity contribution in [1.29, 1.82) is 0 Å². The van der Waals surface area contributed by atoms with Crippen LogP contribution in [0.1, 0.15) is 44.1 Å². The number of aliphatic carboxylic acids is 1. The van der Waals surface area contributed by atoms with E-state index in [9.17, 15) is 13.6 Å². The number of hydrogen-bond acceptors (Lipinski definition) is 1. The third-order valence-corrected chi connectivity index (χ3v) is 2.77. The van der Waals surface area contributed by atoms with Crippen LogP contribution in [-0.2, 0) is 4.79 Å². The quantitative estimate of drug-likeness (QED) is 0.772. The predicted octanol–water partition coefficient (Wildman–Crippen LogP) is 3.71. The number of halogens is 2. The van der Waals surface area contributed by atoms with Crippen molar-refractivity contribution in [2.75, 3.05) is 0 Å². The summed E-state index contributed by atoms with van der Waals surface area (Å²) in [5.41, 5.74) is 0.361. The van der Waals surface area contributed by atoms with Gasteiger partial charge >= 0.3 is 5.97 Å². The van der Waals surface area contributed by atoms with Crippen LogP contribution in [0.4, 0.5) is 8.78 Å². The van der Waals surface area contributed by atoms with E-state index in [0.717, 1.165) is 12.1 Å². The lowest BCUT2D eigenvalue weighted by Gasteiger charge is -2.12. The molecule has 0 aromatic heterocycles. The summed E-state index contributed by atoms with van der Waals surface area (Å²) in [6.45, 7) is 1.82. The fourth-order valence-electron chi connectivity index (χ4n) is 1.77. The summed E-state index contributed by atoms with van der Waals surface area (Å²) in [5, 5.41) is 8.47. The van der Waals surface area contributed by atoms with Crippen molar-refractivity contribution >= 4 is 5.97 Å². The van der Waals surface area contributed by atoms with Crippen molar-refractivity contribution in [3.63, 3.8) is 0 Å². The second-order valence-electron chi connectivity index (χ2n) is 4.21. The smallest absolute Gasteiger partial charge is 0.303 e. The van der Waals surface area contributed by atoms with Gasteiger partial charge in [-0.05, 0) is 42.5 Å². The Balaban J connectivity index is 2.49. The highest BCUT2D eigenvalue weighted by Gasteiger charge is 2.12. The van der Waals surface area contributed by atoms with Crippen LogP contribution in [0.3, 0.4) is 0 Å². The topological polar surface area (TPSA) is 37.3 Å². The van der Waals surface area contributed by atoms with Crippen LogP contribution in [0.25, 0.3) is 0 Å². The minimum absolute atomic E-state index is 0.0977. The minimum Gasteiger partial charge on any atom is -0.481 e. The van der Waals surface area contributed by atoms with Gasteiger partial charge in [0.2, 0.25) is 0 Å². The van der Waals surface area contributed by atoms with Crippen molar-refractivity contribution in [3.8, 4) is 0 Å². The number of hydrogen-bond donors (Lipinski definition) is 1. The van der Waals surface area contributed by atoms with Gasteiger partial charge in [0.25, 0.3) is 0 Å². The van der Waals surface area contributed by atoms with E-state index in [0.29, 0.717) is 24.8 Å². The summed E-state index contributed by atoms with van der Waals surface area (Å²) in [6, 6.07) is 3.42. The van der Waals surface area contributed by atoms with Crippen LogP contribution in [0.5, 0.6) is 0 Å². The molecular formula is C13H16F2O2. The number of carboxylic acids is 1. The Bertz CT molecular complexity index is 391. The summed E-state index contributed by atoms with van der Waals surface area (Å²) >= 11 is 0. The molecule has 0 saturated heterocycles. The maximum atomic E-state index is 13.4. The Hall–Kier alpha value is -1.45. The lowest BCUT2D eigenvalue weighted by atomic mass is 9.94. The van der Waals surface area contributed by atoms with Gasteiger partial charge < -0.3 is 5.11 Å². The Kier molecular flexibility index (Phi) is 5.07. The highest BCUT2D eigenvalue weighted by atomic mass is 19.1. The van der Waals surface area contributed by atoms with Crippen molar-refractivity contribution < 1.29 is 18.7 Å². The number of benzene rings is 1. The molecule has 0 spiro atoms. The van der Waals surface area contributed by atoms with E-state index in [4.69, 9.17) is 5.11 Å². The van der Waals surface area contributed by atoms with Crippen molar-refractivity contribution in [2.45, 2.75) is 38.5 Å². The molecule has 1 atom stereocenters. The molecule has 1 unspecified atom stereocenters. The molecule has 0 radical (unpaired) electrons. The molecule has 1 aromatic carbocycles. The zero-order valence-corrected chi connectivity index (χ0v) is 9.75. The molecule has 4 heteroatoms. The Morgan fingerprint density at radius 3 is 2.71 bits per heavy atom. The molecule has 0 fully saturated rings. The van der Waals surface area contributed by atoms with Gasteiger partial charge in [0.1, 0.15) is 11.6 Å². The van der Waals surface area contributed by atoms with Crippen LogP contribution in [-0.4, -0.2) is 11.1 Å². The lowest BCUT2D eigenvalue weighted by molar-refractivity contribution is -0.137. The van der Waals surface area contributed by atoms with Crippen molar-refractivity contribution in [1.82, 2.24) is 0 Å². The van der Waals surface area contributed by atoms with E-state index in [1.54, 1.807) is 0 Å². The number of carboxylic acid groups (broad SMARTS) is 1. The first-order valence-electron chi connectivity index (χ1n) is 5.67. The molecule has 0 aliphatic rings. The fourth-order valence-corrected chi connectivity index (χ4v) is 1.77. The molecule has 1 aromatic rings. The average Bonchev–Trinajstić information content (AvgIpc) is 2.27. The van der Waals surface area contributed by atoms with Crippen LogP contribution in [0, 0.1) is 11.6 Å². The molecule has 1 N–H and O–H groups in total. The first-order valence-corrected chi connectivity index (χ1v) is 5.67. The standard InChI is InChI=1S/C13H16F2O2/c1-9(4-2-3-5-13(16)17)11-8-10(14)6-7-12(11)15/h6-9H,2-5H2,1H3,(H,16,17). The van der Waals surface area contributed by atoms with E-state index in [1.807, 2.05) is 6.92 Å². The Morgan fingerprint density at radius 2 is 2.06 bits per heavy atom. The van der Waals surface area contributed by atoms with Gasteiger partial charge in [0, 0.05) is 6.42 Å². The predicted molar refractivity (Wildman–Crippen MR) is 60.9 cm³/mol. The summed E-state index contributed by atoms with van der Waals surface area (Å²) in [4.78, 5) is 10.3. The number of carbonyl (C=O) groups is 1. The summed E-state index contributed by atoms with van der Waals surface area (Å²) in [7, 11) is 0. The summed E-state index contributed by atoms with van der Waals surface area (Å²) < 4.78 is 26.4. The number of rotatable bonds is 6. The van der Waals surface area contributed by atoms with Crippen LogP contribution < -0.4 is 0 Å². The molecule has 94 valence electrons. The summed E-state index contributed by atoms with van der Waals surface area (Å²) in [6.07, 6.45) is 2.05. The first-order chi connectivity index (χ1) is 8.00. The largest absolute Gasteiger partial charge is 0.481 e. The van der Waals surface area contributed by atoms with Crippen LogP contribution >= 0.6 is 0 Å². The minimum atomic E-state index is -0.824. The second-order valence-corrected chi connectivity index (χ2v) is 4.21. The van der Waals surface area contributed by atoms with Crippen molar-refractivity contribution in [3.05, 3.63) is 35.4 Å². The molecule has 1 rings (SSSR count). The van der Waals surface area contributed by atoms with Gasteiger partial charge in [-0.3, -0.25) is 4.79 Å². The maximum Gasteiger partial charge on any atom is 0.303 e. The van der Waals surface area contributed by atoms with E-state index in [1.165, 1.54) is 6.07 Å². The molecule has 2 nitrogen and oxygen atoms in total. The van der Waals surface area contributed by atoms with Gasteiger partial charge in [0.15, 0.2) is 0 Å². The maximum absolute atomic E-state index is 13.4. The Labute approximate surface area is 99.3 Å². The molecular weight excluding hydrogens is 226 g/mol.